The molecule has 15 heavy (non-hydrogen) atoms. The van der Waals surface area contributed by atoms with Crippen molar-refractivity contribution in [3.05, 3.63) is 18.2 Å². The molecule has 0 atom stereocenters. The van der Waals surface area contributed by atoms with Crippen molar-refractivity contribution >= 4 is 22.9 Å². The smallest absolute Gasteiger partial charge is 0.256 e. The van der Waals surface area contributed by atoms with Gasteiger partial charge in [-0.15, -0.1) is 0 Å². The predicted molar refractivity (Wildman–Crippen MR) is 61.6 cm³/mol. The van der Waals surface area contributed by atoms with Gasteiger partial charge in [0.25, 0.3) is 5.22 Å². The zero-order chi connectivity index (χ0) is 10.7. The summed E-state index contributed by atoms with van der Waals surface area (Å²) >= 11 is 1.50. The van der Waals surface area contributed by atoms with Gasteiger partial charge < -0.3 is 9.15 Å². The Bertz CT molecular complexity index is 453. The molecule has 0 amide bonds. The zero-order valence-electron chi connectivity index (χ0n) is 8.82. The van der Waals surface area contributed by atoms with Crippen molar-refractivity contribution in [3.8, 4) is 5.75 Å². The van der Waals surface area contributed by atoms with Gasteiger partial charge in [-0.1, -0.05) is 18.7 Å². The summed E-state index contributed by atoms with van der Waals surface area (Å²) in [5.74, 6) is 0.841. The molecule has 1 aromatic carbocycles. The lowest BCUT2D eigenvalue weighted by atomic mass is 10.3. The van der Waals surface area contributed by atoms with Crippen LogP contribution in [0, 0.1) is 0 Å². The highest BCUT2D eigenvalue weighted by Gasteiger charge is 2.05. The number of benzene rings is 1. The van der Waals surface area contributed by atoms with Crippen LogP contribution in [0.3, 0.4) is 0 Å². The molecule has 0 unspecified atom stereocenters. The molecule has 0 fully saturated rings. The summed E-state index contributed by atoms with van der Waals surface area (Å²) in [5, 5.41) is 0.692. The number of oxazole rings is 1. The number of fused-ring (bicyclic) bond motifs is 1. The summed E-state index contributed by atoms with van der Waals surface area (Å²) in [6, 6.07) is 5.73. The van der Waals surface area contributed by atoms with E-state index in [1.165, 1.54) is 11.8 Å². The van der Waals surface area contributed by atoms with Gasteiger partial charge >= 0.3 is 0 Å². The number of hydrogen-bond donors (Lipinski definition) is 0. The van der Waals surface area contributed by atoms with Gasteiger partial charge in [-0.25, -0.2) is 4.98 Å². The van der Waals surface area contributed by atoms with Crippen molar-refractivity contribution in [3.63, 3.8) is 0 Å². The Hall–Kier alpha value is -1.16. The summed E-state index contributed by atoms with van der Waals surface area (Å²) in [7, 11) is 0. The van der Waals surface area contributed by atoms with E-state index in [4.69, 9.17) is 9.15 Å². The van der Waals surface area contributed by atoms with Crippen LogP contribution in [-0.2, 0) is 0 Å². The largest absolute Gasteiger partial charge is 0.493 e. The molecule has 80 valence electrons. The summed E-state index contributed by atoms with van der Waals surface area (Å²) in [6.45, 7) is 2.81. The molecule has 2 rings (SSSR count). The second kappa shape index (κ2) is 4.57. The summed E-state index contributed by atoms with van der Waals surface area (Å²) in [4.78, 5) is 4.29. The minimum atomic E-state index is 0.692. The number of hydrogen-bond acceptors (Lipinski definition) is 4. The monoisotopic (exact) mass is 223 g/mol. The Balaban J connectivity index is 2.29. The van der Waals surface area contributed by atoms with Crippen LogP contribution in [0.15, 0.2) is 27.8 Å². The van der Waals surface area contributed by atoms with Crippen LogP contribution in [0.4, 0.5) is 0 Å². The van der Waals surface area contributed by atoms with Crippen molar-refractivity contribution in [2.75, 3.05) is 12.9 Å². The van der Waals surface area contributed by atoms with Gasteiger partial charge in [0.15, 0.2) is 5.58 Å². The average Bonchev–Trinajstić information content (AvgIpc) is 2.68. The lowest BCUT2D eigenvalue weighted by molar-refractivity contribution is 0.317. The molecule has 0 aliphatic heterocycles. The second-order valence-corrected chi connectivity index (χ2v) is 3.92. The number of ether oxygens (including phenoxy) is 1. The fraction of sp³-hybridized carbons (Fsp3) is 0.364. The average molecular weight is 223 g/mol. The number of rotatable bonds is 4. The summed E-state index contributed by atoms with van der Waals surface area (Å²) in [6.07, 6.45) is 2.95. The fourth-order valence-electron chi connectivity index (χ4n) is 1.28. The highest BCUT2D eigenvalue weighted by atomic mass is 32.2. The van der Waals surface area contributed by atoms with E-state index in [9.17, 15) is 0 Å². The molecular formula is C11H13NO2S. The van der Waals surface area contributed by atoms with Gasteiger partial charge in [-0.3, -0.25) is 0 Å². The van der Waals surface area contributed by atoms with Crippen LogP contribution in [0.25, 0.3) is 11.1 Å². The molecule has 0 saturated heterocycles. The van der Waals surface area contributed by atoms with Gasteiger partial charge in [0.2, 0.25) is 0 Å². The third-order valence-electron chi connectivity index (χ3n) is 1.99. The van der Waals surface area contributed by atoms with Crippen LogP contribution in [0.1, 0.15) is 13.3 Å². The van der Waals surface area contributed by atoms with E-state index < -0.39 is 0 Å². The number of nitrogens with zero attached hydrogens (tertiary/aromatic N) is 1. The maximum Gasteiger partial charge on any atom is 0.256 e. The molecule has 0 radical (unpaired) electrons. The molecule has 0 N–H and O–H groups in total. The molecule has 0 aliphatic carbocycles. The molecule has 1 heterocycles. The SMILES string of the molecule is CCCOc1ccc2nc(SC)oc2c1. The molecule has 1 aromatic heterocycles. The first-order valence-electron chi connectivity index (χ1n) is 4.91. The van der Waals surface area contributed by atoms with Gasteiger partial charge in [0, 0.05) is 6.07 Å². The molecule has 0 saturated carbocycles. The standard InChI is InChI=1S/C11H13NO2S/c1-3-6-13-8-4-5-9-10(7-8)14-11(12-9)15-2/h4-5,7H,3,6H2,1-2H3. The van der Waals surface area contributed by atoms with E-state index in [1.807, 2.05) is 24.5 Å². The Morgan fingerprint density at radius 1 is 1.47 bits per heavy atom. The van der Waals surface area contributed by atoms with E-state index in [2.05, 4.69) is 11.9 Å². The van der Waals surface area contributed by atoms with Crippen molar-refractivity contribution in [2.45, 2.75) is 18.6 Å². The molecule has 0 spiro atoms. The van der Waals surface area contributed by atoms with E-state index in [1.54, 1.807) is 0 Å². The van der Waals surface area contributed by atoms with Crippen molar-refractivity contribution in [2.24, 2.45) is 0 Å². The minimum absolute atomic E-state index is 0.692. The van der Waals surface area contributed by atoms with Crippen molar-refractivity contribution < 1.29 is 9.15 Å². The normalized spacial score (nSPS) is 10.8. The molecular weight excluding hydrogens is 210 g/mol. The van der Waals surface area contributed by atoms with Crippen LogP contribution in [0.5, 0.6) is 5.75 Å². The van der Waals surface area contributed by atoms with E-state index in [0.29, 0.717) is 5.22 Å². The van der Waals surface area contributed by atoms with Crippen molar-refractivity contribution in [1.82, 2.24) is 4.98 Å². The van der Waals surface area contributed by atoms with Gasteiger partial charge in [-0.05, 0) is 24.8 Å². The molecule has 2 aromatic rings. The molecule has 3 nitrogen and oxygen atoms in total. The summed E-state index contributed by atoms with van der Waals surface area (Å²) < 4.78 is 11.0. The first-order chi connectivity index (χ1) is 7.33. The van der Waals surface area contributed by atoms with Crippen LogP contribution in [-0.4, -0.2) is 17.8 Å². The van der Waals surface area contributed by atoms with E-state index in [-0.39, 0.29) is 0 Å². The highest BCUT2D eigenvalue weighted by molar-refractivity contribution is 7.98. The molecule has 0 bridgehead atoms. The van der Waals surface area contributed by atoms with Gasteiger partial charge in [-0.2, -0.15) is 0 Å². The Morgan fingerprint density at radius 3 is 3.07 bits per heavy atom. The highest BCUT2D eigenvalue weighted by Crippen LogP contribution is 2.25. The van der Waals surface area contributed by atoms with Crippen LogP contribution < -0.4 is 4.74 Å². The topological polar surface area (TPSA) is 35.3 Å². The van der Waals surface area contributed by atoms with Gasteiger partial charge in [0.05, 0.1) is 6.61 Å². The predicted octanol–water partition coefficient (Wildman–Crippen LogP) is 3.34. The number of aromatic nitrogens is 1. The van der Waals surface area contributed by atoms with Gasteiger partial charge in [0.1, 0.15) is 11.3 Å². The maximum atomic E-state index is 5.51. The third-order valence-corrected chi connectivity index (χ3v) is 2.51. The van der Waals surface area contributed by atoms with E-state index >= 15 is 0 Å². The lowest BCUT2D eigenvalue weighted by Gasteiger charge is -2.02. The zero-order valence-corrected chi connectivity index (χ0v) is 9.63. The Kier molecular flexibility index (Phi) is 3.16. The quantitative estimate of drug-likeness (QED) is 0.745. The summed E-state index contributed by atoms with van der Waals surface area (Å²) in [5.41, 5.74) is 1.66. The first kappa shape index (κ1) is 10.4. The Morgan fingerprint density at radius 2 is 2.33 bits per heavy atom. The minimum Gasteiger partial charge on any atom is -0.493 e. The molecule has 4 heteroatoms. The first-order valence-corrected chi connectivity index (χ1v) is 6.13. The Labute approximate surface area is 92.8 Å². The third kappa shape index (κ3) is 2.26. The molecule has 0 aliphatic rings. The second-order valence-electron chi connectivity index (χ2n) is 3.16. The lowest BCUT2D eigenvalue weighted by Crippen LogP contribution is -1.94. The van der Waals surface area contributed by atoms with Crippen LogP contribution in [0.2, 0.25) is 0 Å². The maximum absolute atomic E-state index is 5.51. The fourth-order valence-corrected chi connectivity index (χ4v) is 1.64. The van der Waals surface area contributed by atoms with E-state index in [0.717, 1.165) is 29.9 Å². The van der Waals surface area contributed by atoms with Crippen molar-refractivity contribution in [1.29, 1.82) is 0 Å². The number of thioether (sulfide) groups is 1. The van der Waals surface area contributed by atoms with Crippen LogP contribution >= 0.6 is 11.8 Å².